The largest absolute Gasteiger partial charge is 0.481 e. The van der Waals surface area contributed by atoms with Crippen molar-refractivity contribution in [2.75, 3.05) is 20.2 Å². The van der Waals surface area contributed by atoms with E-state index in [9.17, 15) is 9.59 Å². The predicted octanol–water partition coefficient (Wildman–Crippen LogP) is 1.03. The number of nitrogens with zero attached hydrogens (tertiary/aromatic N) is 2. The molecule has 1 N–H and O–H groups in total. The van der Waals surface area contributed by atoms with E-state index >= 15 is 0 Å². The van der Waals surface area contributed by atoms with Crippen molar-refractivity contribution in [3.63, 3.8) is 0 Å². The molecular weight excluding hydrogens is 248 g/mol. The quantitative estimate of drug-likeness (QED) is 0.882. The molecule has 1 fully saturated rings. The number of hydrogen-bond donors (Lipinski definition) is 1. The molecule has 0 spiro atoms. The maximum Gasteiger partial charge on any atom is 0.311 e. The topological polar surface area (TPSA) is 79.7 Å². The van der Waals surface area contributed by atoms with E-state index in [1.165, 1.54) is 12.0 Å². The molecule has 1 aromatic rings. The van der Waals surface area contributed by atoms with Crippen LogP contribution >= 0.6 is 0 Å². The molecule has 1 aliphatic rings. The first-order valence-corrected chi connectivity index (χ1v) is 5.99. The Labute approximate surface area is 111 Å². The molecule has 0 radical (unpaired) electrons. The van der Waals surface area contributed by atoms with Crippen molar-refractivity contribution >= 4 is 11.9 Å². The van der Waals surface area contributed by atoms with Gasteiger partial charge >= 0.3 is 5.97 Å². The van der Waals surface area contributed by atoms with Crippen molar-refractivity contribution in [3.05, 3.63) is 23.9 Å². The summed E-state index contributed by atoms with van der Waals surface area (Å²) in [6, 6.07) is 3.28. The molecule has 6 heteroatoms. The van der Waals surface area contributed by atoms with Gasteiger partial charge in [0.05, 0.1) is 12.5 Å². The van der Waals surface area contributed by atoms with E-state index in [0.717, 1.165) is 0 Å². The Morgan fingerprint density at radius 1 is 1.53 bits per heavy atom. The number of likely N-dealkylation sites (tertiary alicyclic amines) is 1. The minimum atomic E-state index is -0.874. The van der Waals surface area contributed by atoms with Crippen LogP contribution in [0.25, 0.3) is 0 Å². The first-order chi connectivity index (χ1) is 8.98. The minimum Gasteiger partial charge on any atom is -0.481 e. The molecule has 1 aliphatic heterocycles. The van der Waals surface area contributed by atoms with E-state index < -0.39 is 11.4 Å². The van der Waals surface area contributed by atoms with Gasteiger partial charge in [0.25, 0.3) is 5.91 Å². The lowest BCUT2D eigenvalue weighted by Crippen LogP contribution is -2.35. The maximum absolute atomic E-state index is 12.4. The molecule has 0 aromatic carbocycles. The monoisotopic (exact) mass is 264 g/mol. The zero-order valence-electron chi connectivity index (χ0n) is 10.9. The van der Waals surface area contributed by atoms with Gasteiger partial charge in [-0.25, -0.2) is 4.98 Å². The number of ether oxygens (including phenoxy) is 1. The molecule has 1 unspecified atom stereocenters. The van der Waals surface area contributed by atoms with Crippen LogP contribution in [0.5, 0.6) is 5.88 Å². The van der Waals surface area contributed by atoms with Gasteiger partial charge in [0.2, 0.25) is 5.88 Å². The highest BCUT2D eigenvalue weighted by atomic mass is 16.5. The lowest BCUT2D eigenvalue weighted by Gasteiger charge is -2.20. The zero-order valence-corrected chi connectivity index (χ0v) is 10.9. The van der Waals surface area contributed by atoms with Gasteiger partial charge in [-0.3, -0.25) is 9.59 Å². The van der Waals surface area contributed by atoms with Gasteiger partial charge < -0.3 is 14.7 Å². The third-order valence-corrected chi connectivity index (χ3v) is 3.47. The number of methoxy groups -OCH3 is 1. The summed E-state index contributed by atoms with van der Waals surface area (Å²) in [7, 11) is 1.45. The molecule has 2 rings (SSSR count). The number of pyridine rings is 1. The average Bonchev–Trinajstić information content (AvgIpc) is 2.82. The molecule has 0 saturated carbocycles. The summed E-state index contributed by atoms with van der Waals surface area (Å²) in [5.74, 6) is -0.854. The van der Waals surface area contributed by atoms with E-state index in [0.29, 0.717) is 18.5 Å². The third kappa shape index (κ3) is 2.38. The number of amides is 1. The summed E-state index contributed by atoms with van der Waals surface area (Å²) in [6.07, 6.45) is 2.00. The molecule has 1 atom stereocenters. The van der Waals surface area contributed by atoms with Crippen LogP contribution in [-0.2, 0) is 4.79 Å². The minimum absolute atomic E-state index is 0.208. The number of carbonyl (C=O) groups excluding carboxylic acids is 1. The van der Waals surface area contributed by atoms with Gasteiger partial charge in [-0.2, -0.15) is 0 Å². The Hall–Kier alpha value is -2.11. The lowest BCUT2D eigenvalue weighted by atomic mass is 9.90. The molecule has 1 amide bonds. The first-order valence-electron chi connectivity index (χ1n) is 5.99. The Bertz CT molecular complexity index is 517. The smallest absolute Gasteiger partial charge is 0.311 e. The van der Waals surface area contributed by atoms with Gasteiger partial charge in [-0.05, 0) is 25.5 Å². The van der Waals surface area contributed by atoms with Gasteiger partial charge in [0, 0.05) is 19.3 Å². The van der Waals surface area contributed by atoms with Crippen LogP contribution in [0.4, 0.5) is 0 Å². The van der Waals surface area contributed by atoms with E-state index in [2.05, 4.69) is 4.98 Å². The molecule has 19 heavy (non-hydrogen) atoms. The Kier molecular flexibility index (Phi) is 3.42. The number of aromatic nitrogens is 1. The fourth-order valence-electron chi connectivity index (χ4n) is 2.20. The number of carboxylic acid groups (broad SMARTS) is 1. The van der Waals surface area contributed by atoms with Crippen LogP contribution in [0.3, 0.4) is 0 Å². The number of carbonyl (C=O) groups is 2. The second-order valence-corrected chi connectivity index (χ2v) is 4.90. The van der Waals surface area contributed by atoms with Crippen molar-refractivity contribution in [2.45, 2.75) is 13.3 Å². The SMILES string of the molecule is COc1ncccc1C(=O)N1CCC(C)(C(=O)O)C1. The lowest BCUT2D eigenvalue weighted by molar-refractivity contribution is -0.147. The van der Waals surface area contributed by atoms with Crippen molar-refractivity contribution in [3.8, 4) is 5.88 Å². The van der Waals surface area contributed by atoms with E-state index in [4.69, 9.17) is 9.84 Å². The van der Waals surface area contributed by atoms with E-state index in [-0.39, 0.29) is 18.3 Å². The summed E-state index contributed by atoms with van der Waals surface area (Å²) in [4.78, 5) is 29.0. The summed E-state index contributed by atoms with van der Waals surface area (Å²) < 4.78 is 5.05. The van der Waals surface area contributed by atoms with Crippen molar-refractivity contribution in [1.82, 2.24) is 9.88 Å². The molecule has 1 aromatic heterocycles. The fraction of sp³-hybridized carbons (Fsp3) is 0.462. The van der Waals surface area contributed by atoms with E-state index in [1.807, 2.05) is 0 Å². The third-order valence-electron chi connectivity index (χ3n) is 3.47. The molecule has 102 valence electrons. The van der Waals surface area contributed by atoms with Crippen LogP contribution < -0.4 is 4.74 Å². The second kappa shape index (κ2) is 4.87. The zero-order chi connectivity index (χ0) is 14.0. The van der Waals surface area contributed by atoms with Crippen molar-refractivity contribution in [2.24, 2.45) is 5.41 Å². The van der Waals surface area contributed by atoms with Gasteiger partial charge in [-0.1, -0.05) is 0 Å². The standard InChI is InChI=1S/C13H16N2O4/c1-13(12(17)18)5-7-15(8-13)11(16)9-4-3-6-14-10(9)19-2/h3-4,6H,5,7-8H2,1-2H3,(H,17,18). The average molecular weight is 264 g/mol. The number of hydrogen-bond acceptors (Lipinski definition) is 4. The number of aliphatic carboxylic acids is 1. The van der Waals surface area contributed by atoms with Gasteiger partial charge in [0.1, 0.15) is 5.56 Å². The van der Waals surface area contributed by atoms with Crippen LogP contribution in [0, 0.1) is 5.41 Å². The maximum atomic E-state index is 12.4. The predicted molar refractivity (Wildman–Crippen MR) is 67.1 cm³/mol. The summed E-state index contributed by atoms with van der Waals surface area (Å²) in [5, 5.41) is 9.17. The fourth-order valence-corrected chi connectivity index (χ4v) is 2.20. The molecule has 6 nitrogen and oxygen atoms in total. The van der Waals surface area contributed by atoms with Crippen LogP contribution in [0.1, 0.15) is 23.7 Å². The number of rotatable bonds is 3. The molecule has 0 bridgehead atoms. The highest BCUT2D eigenvalue weighted by molar-refractivity contribution is 5.97. The highest BCUT2D eigenvalue weighted by Crippen LogP contribution is 2.31. The number of carboxylic acids is 1. The Morgan fingerprint density at radius 3 is 2.84 bits per heavy atom. The van der Waals surface area contributed by atoms with Gasteiger partial charge in [0.15, 0.2) is 0 Å². The second-order valence-electron chi connectivity index (χ2n) is 4.90. The molecular formula is C13H16N2O4. The summed E-state index contributed by atoms with van der Waals surface area (Å²) in [6.45, 7) is 2.29. The van der Waals surface area contributed by atoms with Crippen molar-refractivity contribution < 1.29 is 19.4 Å². The van der Waals surface area contributed by atoms with Crippen LogP contribution in [0.2, 0.25) is 0 Å². The molecule has 2 heterocycles. The van der Waals surface area contributed by atoms with Crippen molar-refractivity contribution in [1.29, 1.82) is 0 Å². The molecule has 0 aliphatic carbocycles. The summed E-state index contributed by atoms with van der Waals surface area (Å²) >= 11 is 0. The highest BCUT2D eigenvalue weighted by Gasteiger charge is 2.42. The van der Waals surface area contributed by atoms with Crippen LogP contribution in [-0.4, -0.2) is 47.1 Å². The Morgan fingerprint density at radius 2 is 2.26 bits per heavy atom. The first kappa shape index (κ1) is 13.3. The normalized spacial score (nSPS) is 22.3. The van der Waals surface area contributed by atoms with Crippen LogP contribution in [0.15, 0.2) is 18.3 Å². The molecule has 1 saturated heterocycles. The Balaban J connectivity index is 2.20. The summed E-state index contributed by atoms with van der Waals surface area (Å²) in [5.41, 5.74) is -0.509. The van der Waals surface area contributed by atoms with E-state index in [1.54, 1.807) is 25.3 Å². The van der Waals surface area contributed by atoms with Gasteiger partial charge in [-0.15, -0.1) is 0 Å².